The molecule has 0 amide bonds. The Labute approximate surface area is 122 Å². The largest absolute Gasteiger partial charge is 0.490 e. The molecule has 2 nitrogen and oxygen atoms in total. The van der Waals surface area contributed by atoms with Crippen LogP contribution >= 0.6 is 0 Å². The van der Waals surface area contributed by atoms with Crippen molar-refractivity contribution >= 4 is 5.78 Å². The second-order valence-corrected chi connectivity index (χ2v) is 6.93. The van der Waals surface area contributed by atoms with Crippen molar-refractivity contribution in [3.63, 3.8) is 0 Å². The van der Waals surface area contributed by atoms with Gasteiger partial charge in [0.15, 0.2) is 5.78 Å². The molecule has 1 aromatic carbocycles. The van der Waals surface area contributed by atoms with E-state index in [0.29, 0.717) is 17.8 Å². The van der Waals surface area contributed by atoms with Gasteiger partial charge < -0.3 is 4.74 Å². The van der Waals surface area contributed by atoms with Crippen LogP contribution in [0.2, 0.25) is 0 Å². The molecule has 1 aromatic rings. The van der Waals surface area contributed by atoms with E-state index in [1.165, 1.54) is 6.42 Å². The molecule has 0 aliphatic heterocycles. The van der Waals surface area contributed by atoms with Crippen LogP contribution in [-0.2, 0) is 0 Å². The Hall–Kier alpha value is -1.31. The number of Topliss-reactive ketones (excluding diaryl/α,β-unsaturated/α-hetero) is 1. The van der Waals surface area contributed by atoms with Crippen LogP contribution in [0, 0.1) is 11.3 Å². The van der Waals surface area contributed by atoms with E-state index < -0.39 is 0 Å². The zero-order valence-corrected chi connectivity index (χ0v) is 13.1. The molecule has 0 N–H and O–H groups in total. The number of ketones is 1. The van der Waals surface area contributed by atoms with Gasteiger partial charge in [0, 0.05) is 6.42 Å². The predicted octanol–water partition coefficient (Wildman–Crippen LogP) is 4.87. The van der Waals surface area contributed by atoms with Gasteiger partial charge in [-0.05, 0) is 42.7 Å². The number of carbonyl (C=O) groups excluding carboxylic acids is 1. The van der Waals surface area contributed by atoms with Crippen molar-refractivity contribution in [1.29, 1.82) is 0 Å². The highest BCUT2D eigenvalue weighted by Gasteiger charge is 2.33. The van der Waals surface area contributed by atoms with E-state index >= 15 is 0 Å². The molecule has 1 aliphatic rings. The van der Waals surface area contributed by atoms with Crippen LogP contribution in [0.3, 0.4) is 0 Å². The van der Waals surface area contributed by atoms with E-state index in [-0.39, 0.29) is 11.9 Å². The number of ether oxygens (including phenoxy) is 1. The standard InChI is InChI=1S/C18H26O2/c1-5-16(19)15-8-6-7-9-17(15)20-14-10-13(2)11-18(3,4)12-14/h6-9,13-14H,5,10-12H2,1-4H3. The highest BCUT2D eigenvalue weighted by Crippen LogP contribution is 2.40. The number of rotatable bonds is 4. The van der Waals surface area contributed by atoms with Crippen LogP contribution in [0.15, 0.2) is 24.3 Å². The van der Waals surface area contributed by atoms with Crippen LogP contribution in [-0.4, -0.2) is 11.9 Å². The molecule has 110 valence electrons. The highest BCUT2D eigenvalue weighted by atomic mass is 16.5. The molecule has 1 saturated carbocycles. The van der Waals surface area contributed by atoms with E-state index in [1.807, 2.05) is 31.2 Å². The van der Waals surface area contributed by atoms with Gasteiger partial charge in [0.2, 0.25) is 0 Å². The first-order chi connectivity index (χ1) is 9.41. The van der Waals surface area contributed by atoms with Gasteiger partial charge in [0.1, 0.15) is 5.75 Å². The Balaban J connectivity index is 2.16. The maximum atomic E-state index is 12.0. The first-order valence-electron chi connectivity index (χ1n) is 7.70. The fraction of sp³-hybridized carbons (Fsp3) is 0.611. The van der Waals surface area contributed by atoms with E-state index in [9.17, 15) is 4.79 Å². The van der Waals surface area contributed by atoms with Crippen molar-refractivity contribution in [2.24, 2.45) is 11.3 Å². The normalized spacial score (nSPS) is 25.2. The fourth-order valence-corrected chi connectivity index (χ4v) is 3.52. The van der Waals surface area contributed by atoms with Crippen molar-refractivity contribution in [3.8, 4) is 5.75 Å². The summed E-state index contributed by atoms with van der Waals surface area (Å²) in [6.07, 6.45) is 4.14. The van der Waals surface area contributed by atoms with Crippen molar-refractivity contribution in [3.05, 3.63) is 29.8 Å². The topological polar surface area (TPSA) is 26.3 Å². The molecule has 0 radical (unpaired) electrons. The Kier molecular flexibility index (Phi) is 4.52. The van der Waals surface area contributed by atoms with E-state index in [2.05, 4.69) is 20.8 Å². The first-order valence-corrected chi connectivity index (χ1v) is 7.70. The van der Waals surface area contributed by atoms with E-state index in [0.717, 1.165) is 24.2 Å². The smallest absolute Gasteiger partial charge is 0.166 e. The van der Waals surface area contributed by atoms with E-state index in [4.69, 9.17) is 4.74 Å². The van der Waals surface area contributed by atoms with Crippen molar-refractivity contribution in [2.45, 2.75) is 59.5 Å². The molecule has 2 atom stereocenters. The average Bonchev–Trinajstić information content (AvgIpc) is 2.36. The van der Waals surface area contributed by atoms with Gasteiger partial charge in [-0.3, -0.25) is 4.79 Å². The number of hydrogen-bond donors (Lipinski definition) is 0. The lowest BCUT2D eigenvalue weighted by Crippen LogP contribution is -2.34. The van der Waals surface area contributed by atoms with E-state index in [1.54, 1.807) is 0 Å². The summed E-state index contributed by atoms with van der Waals surface area (Å²) in [6.45, 7) is 8.80. The summed E-state index contributed by atoms with van der Waals surface area (Å²) >= 11 is 0. The maximum absolute atomic E-state index is 12.0. The lowest BCUT2D eigenvalue weighted by atomic mass is 9.71. The second-order valence-electron chi connectivity index (χ2n) is 6.93. The third-order valence-corrected chi connectivity index (χ3v) is 4.15. The summed E-state index contributed by atoms with van der Waals surface area (Å²) in [6, 6.07) is 7.65. The van der Waals surface area contributed by atoms with Crippen molar-refractivity contribution in [2.75, 3.05) is 0 Å². The Bertz CT molecular complexity index is 476. The fourth-order valence-electron chi connectivity index (χ4n) is 3.52. The molecule has 0 aromatic heterocycles. The summed E-state index contributed by atoms with van der Waals surface area (Å²) in [5.74, 6) is 1.59. The molecule has 2 rings (SSSR count). The SMILES string of the molecule is CCC(=O)c1ccccc1OC1CC(C)CC(C)(C)C1. The maximum Gasteiger partial charge on any atom is 0.166 e. The van der Waals surface area contributed by atoms with Gasteiger partial charge >= 0.3 is 0 Å². The van der Waals surface area contributed by atoms with Gasteiger partial charge in [-0.2, -0.15) is 0 Å². The third-order valence-electron chi connectivity index (χ3n) is 4.15. The molecular formula is C18H26O2. The molecule has 1 fully saturated rings. The van der Waals surface area contributed by atoms with Crippen molar-refractivity contribution in [1.82, 2.24) is 0 Å². The molecule has 2 heteroatoms. The van der Waals surface area contributed by atoms with Gasteiger partial charge in [0.25, 0.3) is 0 Å². The van der Waals surface area contributed by atoms with Crippen molar-refractivity contribution < 1.29 is 9.53 Å². The van der Waals surface area contributed by atoms with Gasteiger partial charge in [-0.15, -0.1) is 0 Å². The minimum absolute atomic E-state index is 0.156. The third kappa shape index (κ3) is 3.62. The summed E-state index contributed by atoms with van der Waals surface area (Å²) in [4.78, 5) is 12.0. The second kappa shape index (κ2) is 5.99. The lowest BCUT2D eigenvalue weighted by Gasteiger charge is -2.39. The van der Waals surface area contributed by atoms with Crippen LogP contribution in [0.25, 0.3) is 0 Å². The number of carbonyl (C=O) groups is 1. The molecule has 0 bridgehead atoms. The first kappa shape index (κ1) is 15.1. The number of para-hydroxylation sites is 1. The quantitative estimate of drug-likeness (QED) is 0.732. The molecule has 0 spiro atoms. The van der Waals surface area contributed by atoms with Crippen LogP contribution in [0.5, 0.6) is 5.75 Å². The summed E-state index contributed by atoms with van der Waals surface area (Å²) < 4.78 is 6.19. The summed E-state index contributed by atoms with van der Waals surface area (Å²) in [7, 11) is 0. The molecule has 1 aliphatic carbocycles. The zero-order chi connectivity index (χ0) is 14.8. The Morgan fingerprint density at radius 2 is 2.00 bits per heavy atom. The average molecular weight is 274 g/mol. The Morgan fingerprint density at radius 3 is 2.65 bits per heavy atom. The van der Waals surface area contributed by atoms with Gasteiger partial charge in [-0.1, -0.05) is 39.8 Å². The van der Waals surface area contributed by atoms with Gasteiger partial charge in [0.05, 0.1) is 11.7 Å². The number of hydrogen-bond acceptors (Lipinski definition) is 2. The molecule has 0 heterocycles. The molecule has 2 unspecified atom stereocenters. The monoisotopic (exact) mass is 274 g/mol. The van der Waals surface area contributed by atoms with Crippen LogP contribution in [0.1, 0.15) is 63.7 Å². The minimum Gasteiger partial charge on any atom is -0.490 e. The van der Waals surface area contributed by atoms with Crippen LogP contribution < -0.4 is 4.74 Å². The van der Waals surface area contributed by atoms with Crippen LogP contribution in [0.4, 0.5) is 0 Å². The summed E-state index contributed by atoms with van der Waals surface area (Å²) in [5.41, 5.74) is 1.05. The predicted molar refractivity (Wildman–Crippen MR) is 82.3 cm³/mol. The Morgan fingerprint density at radius 1 is 1.30 bits per heavy atom. The summed E-state index contributed by atoms with van der Waals surface area (Å²) in [5, 5.41) is 0. The number of benzene rings is 1. The highest BCUT2D eigenvalue weighted by molar-refractivity contribution is 5.98. The molecule has 0 saturated heterocycles. The zero-order valence-electron chi connectivity index (χ0n) is 13.1. The lowest BCUT2D eigenvalue weighted by molar-refractivity contribution is 0.0554. The molecular weight excluding hydrogens is 248 g/mol. The minimum atomic E-state index is 0.156. The van der Waals surface area contributed by atoms with Gasteiger partial charge in [-0.25, -0.2) is 0 Å². The molecule has 20 heavy (non-hydrogen) atoms.